The van der Waals surface area contributed by atoms with E-state index >= 15 is 0 Å². The molecular formula is C13H8F3NO3. The number of hydrogen-bond acceptors (Lipinski definition) is 3. The Kier molecular flexibility index (Phi) is 3.60. The maximum atomic E-state index is 12.7. The van der Waals surface area contributed by atoms with E-state index in [1.54, 1.807) is 0 Å². The van der Waals surface area contributed by atoms with Crippen LogP contribution in [0.2, 0.25) is 0 Å². The summed E-state index contributed by atoms with van der Waals surface area (Å²) in [5.74, 6) is -1.58. The molecule has 0 radical (unpaired) electrons. The number of para-hydroxylation sites is 1. The summed E-state index contributed by atoms with van der Waals surface area (Å²) < 4.78 is 43.3. The zero-order valence-electron chi connectivity index (χ0n) is 9.89. The van der Waals surface area contributed by atoms with E-state index in [0.717, 1.165) is 18.3 Å². The third-order valence-corrected chi connectivity index (χ3v) is 2.38. The standard InChI is InChI=1S/C13H8F3NO3/c14-13(15,16)9-3-1-2-4-11(9)20-8-5-6-10(12(18)19)17-7-8/h1-7H,(H,18,19). The highest BCUT2D eigenvalue weighted by atomic mass is 19.4. The summed E-state index contributed by atoms with van der Waals surface area (Å²) in [7, 11) is 0. The molecule has 0 aliphatic rings. The Morgan fingerprint density at radius 2 is 1.85 bits per heavy atom. The van der Waals surface area contributed by atoms with E-state index in [9.17, 15) is 18.0 Å². The third kappa shape index (κ3) is 3.05. The lowest BCUT2D eigenvalue weighted by Gasteiger charge is -2.13. The fourth-order valence-corrected chi connectivity index (χ4v) is 1.48. The molecule has 0 saturated heterocycles. The summed E-state index contributed by atoms with van der Waals surface area (Å²) in [6.07, 6.45) is -3.48. The van der Waals surface area contributed by atoms with Crippen molar-refractivity contribution < 1.29 is 27.8 Å². The molecule has 0 bridgehead atoms. The predicted octanol–water partition coefficient (Wildman–Crippen LogP) is 3.59. The van der Waals surface area contributed by atoms with E-state index in [2.05, 4.69) is 4.98 Å². The molecule has 2 rings (SSSR count). The monoisotopic (exact) mass is 283 g/mol. The van der Waals surface area contributed by atoms with Crippen LogP contribution in [-0.2, 0) is 6.18 Å². The molecule has 0 unspecified atom stereocenters. The zero-order valence-corrected chi connectivity index (χ0v) is 9.89. The summed E-state index contributed by atoms with van der Waals surface area (Å²) >= 11 is 0. The van der Waals surface area contributed by atoms with Gasteiger partial charge in [-0.15, -0.1) is 0 Å². The molecule has 1 N–H and O–H groups in total. The summed E-state index contributed by atoms with van der Waals surface area (Å²) in [5.41, 5.74) is -1.14. The van der Waals surface area contributed by atoms with Gasteiger partial charge in [0.1, 0.15) is 17.2 Å². The Morgan fingerprint density at radius 3 is 2.40 bits per heavy atom. The van der Waals surface area contributed by atoms with Crippen LogP contribution < -0.4 is 4.74 Å². The molecule has 0 aliphatic carbocycles. The fourth-order valence-electron chi connectivity index (χ4n) is 1.48. The normalized spacial score (nSPS) is 11.2. The van der Waals surface area contributed by atoms with Crippen LogP contribution in [0.3, 0.4) is 0 Å². The Bertz CT molecular complexity index is 624. The Hall–Kier alpha value is -2.57. The number of ether oxygens (including phenoxy) is 1. The Balaban J connectivity index is 2.28. The van der Waals surface area contributed by atoms with Gasteiger partial charge in [-0.05, 0) is 24.3 Å². The largest absolute Gasteiger partial charge is 0.477 e. The highest BCUT2D eigenvalue weighted by Gasteiger charge is 2.34. The highest BCUT2D eigenvalue weighted by Crippen LogP contribution is 2.37. The van der Waals surface area contributed by atoms with Gasteiger partial charge >= 0.3 is 12.1 Å². The van der Waals surface area contributed by atoms with Crippen LogP contribution in [0.15, 0.2) is 42.6 Å². The number of alkyl halides is 3. The number of benzene rings is 1. The zero-order chi connectivity index (χ0) is 14.8. The summed E-state index contributed by atoms with van der Waals surface area (Å²) in [4.78, 5) is 14.2. The van der Waals surface area contributed by atoms with Crippen molar-refractivity contribution in [2.75, 3.05) is 0 Å². The summed E-state index contributed by atoms with van der Waals surface area (Å²) in [5, 5.41) is 8.66. The van der Waals surface area contributed by atoms with Gasteiger partial charge in [0, 0.05) is 0 Å². The molecule has 7 heteroatoms. The van der Waals surface area contributed by atoms with Gasteiger partial charge in [0.2, 0.25) is 0 Å². The lowest BCUT2D eigenvalue weighted by Crippen LogP contribution is -2.07. The molecule has 0 spiro atoms. The minimum absolute atomic E-state index is 0.0201. The predicted molar refractivity (Wildman–Crippen MR) is 62.7 cm³/mol. The van der Waals surface area contributed by atoms with Crippen molar-refractivity contribution in [1.29, 1.82) is 0 Å². The number of aromatic nitrogens is 1. The number of hydrogen-bond donors (Lipinski definition) is 1. The van der Waals surface area contributed by atoms with E-state index in [1.807, 2.05) is 0 Å². The first kappa shape index (κ1) is 13.9. The van der Waals surface area contributed by atoms with Crippen molar-refractivity contribution in [2.24, 2.45) is 0 Å². The van der Waals surface area contributed by atoms with Gasteiger partial charge in [0.25, 0.3) is 0 Å². The molecule has 4 nitrogen and oxygen atoms in total. The first-order valence-electron chi connectivity index (χ1n) is 5.41. The topological polar surface area (TPSA) is 59.4 Å². The maximum Gasteiger partial charge on any atom is 0.419 e. The molecule has 104 valence electrons. The van der Waals surface area contributed by atoms with Gasteiger partial charge in [0.15, 0.2) is 0 Å². The van der Waals surface area contributed by atoms with Gasteiger partial charge in [-0.25, -0.2) is 9.78 Å². The van der Waals surface area contributed by atoms with Crippen LogP contribution >= 0.6 is 0 Å². The molecule has 2 aromatic rings. The van der Waals surface area contributed by atoms with Crippen molar-refractivity contribution in [3.63, 3.8) is 0 Å². The van der Waals surface area contributed by atoms with Crippen molar-refractivity contribution in [2.45, 2.75) is 6.18 Å². The van der Waals surface area contributed by atoms with Crippen molar-refractivity contribution >= 4 is 5.97 Å². The molecule has 0 fully saturated rings. The second kappa shape index (κ2) is 5.20. The molecule has 0 amide bonds. The quantitative estimate of drug-likeness (QED) is 0.935. The molecule has 0 saturated carbocycles. The number of carboxylic acids is 1. The first-order valence-corrected chi connectivity index (χ1v) is 5.41. The van der Waals surface area contributed by atoms with Crippen LogP contribution in [0.4, 0.5) is 13.2 Å². The number of carboxylic acid groups (broad SMARTS) is 1. The van der Waals surface area contributed by atoms with Gasteiger partial charge in [-0.3, -0.25) is 0 Å². The van der Waals surface area contributed by atoms with Crippen LogP contribution in [-0.4, -0.2) is 16.1 Å². The van der Waals surface area contributed by atoms with Crippen molar-refractivity contribution in [1.82, 2.24) is 4.98 Å². The Morgan fingerprint density at radius 1 is 1.15 bits per heavy atom. The number of pyridine rings is 1. The molecule has 20 heavy (non-hydrogen) atoms. The van der Waals surface area contributed by atoms with Crippen molar-refractivity contribution in [3.8, 4) is 11.5 Å². The van der Waals surface area contributed by atoms with E-state index in [1.165, 1.54) is 24.3 Å². The number of halogens is 3. The van der Waals surface area contributed by atoms with Crippen LogP contribution in [0.25, 0.3) is 0 Å². The van der Waals surface area contributed by atoms with Crippen LogP contribution in [0, 0.1) is 0 Å². The number of nitrogens with zero attached hydrogens (tertiary/aromatic N) is 1. The van der Waals surface area contributed by atoms with Crippen LogP contribution in [0.1, 0.15) is 16.1 Å². The smallest absolute Gasteiger partial charge is 0.419 e. The van der Waals surface area contributed by atoms with Crippen molar-refractivity contribution in [3.05, 3.63) is 53.9 Å². The Labute approximate surface area is 111 Å². The number of carbonyl (C=O) groups is 1. The fraction of sp³-hybridized carbons (Fsp3) is 0.0769. The van der Waals surface area contributed by atoms with E-state index in [0.29, 0.717) is 0 Å². The van der Waals surface area contributed by atoms with E-state index in [-0.39, 0.29) is 17.2 Å². The van der Waals surface area contributed by atoms with E-state index in [4.69, 9.17) is 9.84 Å². The summed E-state index contributed by atoms with van der Waals surface area (Å²) in [6, 6.07) is 7.12. The average Bonchev–Trinajstić information content (AvgIpc) is 2.38. The molecule has 0 aliphatic heterocycles. The van der Waals surface area contributed by atoms with Gasteiger partial charge < -0.3 is 9.84 Å². The van der Waals surface area contributed by atoms with E-state index < -0.39 is 17.7 Å². The molecule has 0 atom stereocenters. The third-order valence-electron chi connectivity index (χ3n) is 2.38. The average molecular weight is 283 g/mol. The second-order valence-corrected chi connectivity index (χ2v) is 3.78. The minimum Gasteiger partial charge on any atom is -0.477 e. The lowest BCUT2D eigenvalue weighted by atomic mass is 10.2. The second-order valence-electron chi connectivity index (χ2n) is 3.78. The molecule has 1 aromatic carbocycles. The number of aromatic carboxylic acids is 1. The van der Waals surface area contributed by atoms with Crippen LogP contribution in [0.5, 0.6) is 11.5 Å². The molecule has 1 aromatic heterocycles. The molecular weight excluding hydrogens is 275 g/mol. The SMILES string of the molecule is O=C(O)c1ccc(Oc2ccccc2C(F)(F)F)cn1. The van der Waals surface area contributed by atoms with Gasteiger partial charge in [0.05, 0.1) is 11.8 Å². The number of rotatable bonds is 3. The van der Waals surface area contributed by atoms with Gasteiger partial charge in [-0.1, -0.05) is 12.1 Å². The highest BCUT2D eigenvalue weighted by molar-refractivity contribution is 5.85. The lowest BCUT2D eigenvalue weighted by molar-refractivity contribution is -0.138. The minimum atomic E-state index is -4.54. The molecule has 1 heterocycles. The first-order chi connectivity index (χ1) is 9.38. The van der Waals surface area contributed by atoms with Gasteiger partial charge in [-0.2, -0.15) is 13.2 Å². The maximum absolute atomic E-state index is 12.7. The summed E-state index contributed by atoms with van der Waals surface area (Å²) in [6.45, 7) is 0.